The minimum atomic E-state index is -0.282. The van der Waals surface area contributed by atoms with E-state index in [0.717, 1.165) is 22.6 Å². The number of halogens is 2. The largest absolute Gasteiger partial charge is 0.470 e. The zero-order valence-electron chi connectivity index (χ0n) is 17.5. The Labute approximate surface area is 195 Å². The summed E-state index contributed by atoms with van der Waals surface area (Å²) < 4.78 is 9.03. The summed E-state index contributed by atoms with van der Waals surface area (Å²) in [5.74, 6) is 0.165. The summed E-state index contributed by atoms with van der Waals surface area (Å²) in [6.07, 6.45) is 1.66. The molecular weight excluding hydrogens is 449 g/mol. The Morgan fingerprint density at radius 3 is 2.59 bits per heavy atom. The molecule has 2 heterocycles. The van der Waals surface area contributed by atoms with E-state index < -0.39 is 0 Å². The van der Waals surface area contributed by atoms with Crippen molar-refractivity contribution >= 4 is 29.1 Å². The van der Waals surface area contributed by atoms with Gasteiger partial charge in [0.15, 0.2) is 6.73 Å². The minimum Gasteiger partial charge on any atom is -0.470 e. The average molecular weight is 470 g/mol. The molecular formula is C23H21Cl2N5O2. The highest BCUT2D eigenvalue weighted by Crippen LogP contribution is 2.31. The maximum atomic E-state index is 12.6. The number of amides is 1. The van der Waals surface area contributed by atoms with E-state index >= 15 is 0 Å². The van der Waals surface area contributed by atoms with Crippen molar-refractivity contribution in [2.24, 2.45) is 0 Å². The lowest BCUT2D eigenvalue weighted by Crippen LogP contribution is -2.24. The molecule has 0 atom stereocenters. The Morgan fingerprint density at radius 2 is 1.81 bits per heavy atom. The van der Waals surface area contributed by atoms with Crippen LogP contribution in [0, 0.1) is 13.8 Å². The number of para-hydroxylation sites is 1. The van der Waals surface area contributed by atoms with Crippen molar-refractivity contribution in [2.75, 3.05) is 0 Å². The monoisotopic (exact) mass is 469 g/mol. The molecule has 0 saturated heterocycles. The van der Waals surface area contributed by atoms with Gasteiger partial charge in [-0.2, -0.15) is 10.2 Å². The molecule has 0 radical (unpaired) electrons. The minimum absolute atomic E-state index is 0.0927. The summed E-state index contributed by atoms with van der Waals surface area (Å²) in [7, 11) is 0. The Balaban J connectivity index is 1.39. The molecule has 4 aromatic rings. The first kappa shape index (κ1) is 21.9. The van der Waals surface area contributed by atoms with Crippen LogP contribution in [0.25, 0.3) is 5.69 Å². The number of hydrogen-bond donors (Lipinski definition) is 1. The van der Waals surface area contributed by atoms with Gasteiger partial charge in [0.2, 0.25) is 0 Å². The number of rotatable bonds is 7. The number of carbonyl (C=O) groups excluding carboxylic acids is 1. The molecule has 2 aromatic heterocycles. The third-order valence-electron chi connectivity index (χ3n) is 5.01. The Hall–Kier alpha value is -3.29. The van der Waals surface area contributed by atoms with E-state index in [4.69, 9.17) is 27.9 Å². The lowest BCUT2D eigenvalue weighted by molar-refractivity contribution is 0.0943. The molecule has 164 valence electrons. The van der Waals surface area contributed by atoms with Crippen LogP contribution in [-0.2, 0) is 13.3 Å². The molecule has 0 unspecified atom stereocenters. The second-order valence-corrected chi connectivity index (χ2v) is 7.93. The summed E-state index contributed by atoms with van der Waals surface area (Å²) in [5, 5.41) is 12.5. The maximum absolute atomic E-state index is 12.6. The standard InChI is InChI=1S/C23H21Cl2N5O2/c1-15-18(16(2)30(27-15)17-7-4-3-5-8-17)13-26-23(31)20-11-12-29(28-20)14-32-21-10-6-9-19(24)22(21)25/h3-12H,13-14H2,1-2H3,(H,26,31). The number of aryl methyl sites for hydroxylation is 1. The molecule has 0 aliphatic heterocycles. The predicted octanol–water partition coefficient (Wildman–Crippen LogP) is 4.96. The van der Waals surface area contributed by atoms with Crippen LogP contribution < -0.4 is 10.1 Å². The van der Waals surface area contributed by atoms with Gasteiger partial charge in [-0.3, -0.25) is 4.79 Å². The smallest absolute Gasteiger partial charge is 0.272 e. The van der Waals surface area contributed by atoms with E-state index in [-0.39, 0.29) is 18.3 Å². The van der Waals surface area contributed by atoms with E-state index in [9.17, 15) is 4.79 Å². The first-order valence-corrected chi connectivity index (χ1v) is 10.7. The number of carbonyl (C=O) groups is 1. The molecule has 1 N–H and O–H groups in total. The van der Waals surface area contributed by atoms with Crippen LogP contribution in [0.15, 0.2) is 60.8 Å². The molecule has 1 amide bonds. The van der Waals surface area contributed by atoms with Crippen molar-refractivity contribution in [1.82, 2.24) is 24.9 Å². The fraction of sp³-hybridized carbons (Fsp3) is 0.174. The van der Waals surface area contributed by atoms with Crippen molar-refractivity contribution < 1.29 is 9.53 Å². The van der Waals surface area contributed by atoms with E-state index in [1.54, 1.807) is 30.5 Å². The van der Waals surface area contributed by atoms with Gasteiger partial charge in [-0.15, -0.1) is 0 Å². The highest BCUT2D eigenvalue weighted by atomic mass is 35.5. The van der Waals surface area contributed by atoms with Crippen molar-refractivity contribution in [2.45, 2.75) is 27.1 Å². The molecule has 0 aliphatic carbocycles. The van der Waals surface area contributed by atoms with Gasteiger partial charge in [0.05, 0.1) is 16.4 Å². The van der Waals surface area contributed by atoms with E-state index in [1.807, 2.05) is 48.9 Å². The molecule has 2 aromatic carbocycles. The highest BCUT2D eigenvalue weighted by molar-refractivity contribution is 6.42. The average Bonchev–Trinajstić information content (AvgIpc) is 3.38. The quantitative estimate of drug-likeness (QED) is 0.415. The van der Waals surface area contributed by atoms with Gasteiger partial charge in [0.1, 0.15) is 16.5 Å². The molecule has 0 bridgehead atoms. The van der Waals surface area contributed by atoms with Gasteiger partial charge in [0.25, 0.3) is 5.91 Å². The van der Waals surface area contributed by atoms with Crippen LogP contribution in [0.2, 0.25) is 10.0 Å². The molecule has 32 heavy (non-hydrogen) atoms. The van der Waals surface area contributed by atoms with E-state index in [2.05, 4.69) is 15.5 Å². The van der Waals surface area contributed by atoms with Crippen LogP contribution in [0.3, 0.4) is 0 Å². The van der Waals surface area contributed by atoms with E-state index in [1.165, 1.54) is 4.68 Å². The van der Waals surface area contributed by atoms with Crippen LogP contribution in [-0.4, -0.2) is 25.5 Å². The van der Waals surface area contributed by atoms with Gasteiger partial charge in [-0.1, -0.05) is 47.5 Å². The number of benzene rings is 2. The third kappa shape index (κ3) is 4.64. The molecule has 0 fully saturated rings. The molecule has 4 rings (SSSR count). The third-order valence-corrected chi connectivity index (χ3v) is 5.81. The maximum Gasteiger partial charge on any atom is 0.272 e. The summed E-state index contributed by atoms with van der Waals surface area (Å²) in [5.41, 5.74) is 4.08. The second-order valence-electron chi connectivity index (χ2n) is 7.15. The van der Waals surface area contributed by atoms with Crippen molar-refractivity contribution in [3.05, 3.63) is 93.5 Å². The van der Waals surface area contributed by atoms with Gasteiger partial charge >= 0.3 is 0 Å². The lowest BCUT2D eigenvalue weighted by atomic mass is 10.2. The van der Waals surface area contributed by atoms with Crippen LogP contribution in [0.1, 0.15) is 27.4 Å². The molecule has 9 heteroatoms. The second kappa shape index (κ2) is 9.46. The van der Waals surface area contributed by atoms with Crippen LogP contribution in [0.5, 0.6) is 5.75 Å². The lowest BCUT2D eigenvalue weighted by Gasteiger charge is -2.08. The normalized spacial score (nSPS) is 10.9. The first-order valence-electron chi connectivity index (χ1n) is 9.93. The number of nitrogens with zero attached hydrogens (tertiary/aromatic N) is 4. The zero-order chi connectivity index (χ0) is 22.7. The fourth-order valence-corrected chi connectivity index (χ4v) is 3.64. The Kier molecular flexibility index (Phi) is 6.48. The van der Waals surface area contributed by atoms with Crippen LogP contribution >= 0.6 is 23.2 Å². The van der Waals surface area contributed by atoms with Gasteiger partial charge < -0.3 is 10.1 Å². The summed E-state index contributed by atoms with van der Waals surface area (Å²) in [6.45, 7) is 4.36. The highest BCUT2D eigenvalue weighted by Gasteiger charge is 2.15. The fourth-order valence-electron chi connectivity index (χ4n) is 3.30. The molecule has 0 spiro atoms. The predicted molar refractivity (Wildman–Crippen MR) is 124 cm³/mol. The SMILES string of the molecule is Cc1nn(-c2ccccc2)c(C)c1CNC(=O)c1ccn(COc2cccc(Cl)c2Cl)n1. The topological polar surface area (TPSA) is 74.0 Å². The first-order chi connectivity index (χ1) is 15.4. The molecule has 0 aliphatic rings. The van der Waals surface area contributed by atoms with E-state index in [0.29, 0.717) is 22.3 Å². The number of aromatic nitrogens is 4. The number of ether oxygens (including phenoxy) is 1. The summed E-state index contributed by atoms with van der Waals surface area (Å²) >= 11 is 12.1. The van der Waals surface area contributed by atoms with Crippen molar-refractivity contribution in [3.63, 3.8) is 0 Å². The summed E-state index contributed by atoms with van der Waals surface area (Å²) in [6, 6.07) is 16.7. The number of hydrogen-bond acceptors (Lipinski definition) is 4. The zero-order valence-corrected chi connectivity index (χ0v) is 19.1. The molecule has 7 nitrogen and oxygen atoms in total. The van der Waals surface area contributed by atoms with Crippen LogP contribution in [0.4, 0.5) is 0 Å². The Bertz CT molecular complexity index is 1250. The molecule has 0 saturated carbocycles. The summed E-state index contributed by atoms with van der Waals surface area (Å²) in [4.78, 5) is 12.6. The van der Waals surface area contributed by atoms with Gasteiger partial charge in [-0.25, -0.2) is 9.36 Å². The van der Waals surface area contributed by atoms with Gasteiger partial charge in [0, 0.05) is 24.0 Å². The van der Waals surface area contributed by atoms with Crippen molar-refractivity contribution in [3.8, 4) is 11.4 Å². The van der Waals surface area contributed by atoms with Gasteiger partial charge in [-0.05, 0) is 44.2 Å². The Morgan fingerprint density at radius 1 is 1.03 bits per heavy atom. The number of nitrogens with one attached hydrogen (secondary N) is 1. The van der Waals surface area contributed by atoms with Crippen molar-refractivity contribution in [1.29, 1.82) is 0 Å².